The molecule has 2 aromatic heterocycles. The molecule has 2 saturated heterocycles. The SMILES string of the molecule is O=C(c1ccc(Nc2cnnc(N3CCC[C@@H](Oc4nccc5ccccc45)C3)n2)cc1)N1CCOCC1. The van der Waals surface area contributed by atoms with Gasteiger partial charge in [0.05, 0.1) is 26.0 Å². The predicted octanol–water partition coefficient (Wildman–Crippen LogP) is 3.68. The number of fused-ring (bicyclic) bond motifs is 1. The summed E-state index contributed by atoms with van der Waals surface area (Å²) in [5, 5.41) is 13.8. The third kappa shape index (κ3) is 5.35. The number of ether oxygens (including phenoxy) is 2. The van der Waals surface area contributed by atoms with Crippen molar-refractivity contribution in [3.63, 3.8) is 0 Å². The molecule has 0 aliphatic carbocycles. The van der Waals surface area contributed by atoms with Crippen molar-refractivity contribution in [3.05, 3.63) is 72.6 Å². The van der Waals surface area contributed by atoms with Crippen molar-refractivity contribution in [1.82, 2.24) is 25.1 Å². The maximum atomic E-state index is 12.7. The van der Waals surface area contributed by atoms with Crippen molar-refractivity contribution in [2.75, 3.05) is 49.6 Å². The third-order valence-electron chi connectivity index (χ3n) is 6.83. The fourth-order valence-corrected chi connectivity index (χ4v) is 4.84. The Bertz CT molecular complexity index is 1400. The highest BCUT2D eigenvalue weighted by Crippen LogP contribution is 2.26. The number of morpholine rings is 1. The Kier molecular flexibility index (Phi) is 6.95. The lowest BCUT2D eigenvalue weighted by Crippen LogP contribution is -2.42. The fourth-order valence-electron chi connectivity index (χ4n) is 4.84. The lowest BCUT2D eigenvalue weighted by molar-refractivity contribution is 0.0303. The average molecular weight is 512 g/mol. The first-order valence-electron chi connectivity index (χ1n) is 12.9. The average Bonchev–Trinajstić information content (AvgIpc) is 2.98. The van der Waals surface area contributed by atoms with E-state index < -0.39 is 0 Å². The minimum absolute atomic E-state index is 0.0198. The Labute approximate surface area is 220 Å². The van der Waals surface area contributed by atoms with Crippen molar-refractivity contribution in [3.8, 4) is 5.88 Å². The number of amides is 1. The van der Waals surface area contributed by atoms with Crippen LogP contribution < -0.4 is 15.0 Å². The van der Waals surface area contributed by atoms with Crippen LogP contribution in [0.2, 0.25) is 0 Å². The van der Waals surface area contributed by atoms with Crippen LogP contribution in [-0.4, -0.2) is 76.5 Å². The number of nitrogens with one attached hydrogen (secondary N) is 1. The molecule has 0 unspecified atom stereocenters. The van der Waals surface area contributed by atoms with Gasteiger partial charge < -0.3 is 24.6 Å². The van der Waals surface area contributed by atoms with Crippen LogP contribution in [-0.2, 0) is 4.74 Å². The zero-order chi connectivity index (χ0) is 25.7. The zero-order valence-electron chi connectivity index (χ0n) is 21.0. The van der Waals surface area contributed by atoms with Gasteiger partial charge in [0.25, 0.3) is 5.91 Å². The van der Waals surface area contributed by atoms with E-state index in [2.05, 4.69) is 31.5 Å². The van der Waals surface area contributed by atoms with Crippen LogP contribution in [0, 0.1) is 0 Å². The van der Waals surface area contributed by atoms with Gasteiger partial charge in [-0.05, 0) is 54.6 Å². The second-order valence-electron chi connectivity index (χ2n) is 9.41. The predicted molar refractivity (Wildman–Crippen MR) is 144 cm³/mol. The van der Waals surface area contributed by atoms with Gasteiger partial charge in [-0.2, -0.15) is 10.1 Å². The van der Waals surface area contributed by atoms with Crippen molar-refractivity contribution in [2.24, 2.45) is 0 Å². The molecule has 6 rings (SSSR count). The number of benzene rings is 2. The van der Waals surface area contributed by atoms with Crippen LogP contribution in [0.5, 0.6) is 5.88 Å². The maximum absolute atomic E-state index is 12.7. The molecular weight excluding hydrogens is 482 g/mol. The van der Waals surface area contributed by atoms with E-state index in [9.17, 15) is 4.79 Å². The number of carbonyl (C=O) groups excluding carboxylic acids is 1. The van der Waals surface area contributed by atoms with Gasteiger partial charge in [-0.15, -0.1) is 5.10 Å². The van der Waals surface area contributed by atoms with E-state index in [1.165, 1.54) is 0 Å². The summed E-state index contributed by atoms with van der Waals surface area (Å²) in [6, 6.07) is 17.5. The van der Waals surface area contributed by atoms with Crippen molar-refractivity contribution < 1.29 is 14.3 Å². The summed E-state index contributed by atoms with van der Waals surface area (Å²) in [6.45, 7) is 3.88. The molecule has 2 aliphatic heterocycles. The van der Waals surface area contributed by atoms with Crippen LogP contribution in [0.15, 0.2) is 67.0 Å². The molecule has 1 atom stereocenters. The molecule has 10 nitrogen and oxygen atoms in total. The van der Waals surface area contributed by atoms with Gasteiger partial charge in [0.15, 0.2) is 5.82 Å². The highest BCUT2D eigenvalue weighted by molar-refractivity contribution is 5.94. The maximum Gasteiger partial charge on any atom is 0.254 e. The van der Waals surface area contributed by atoms with E-state index >= 15 is 0 Å². The minimum atomic E-state index is -0.0289. The van der Waals surface area contributed by atoms with Crippen LogP contribution in [0.4, 0.5) is 17.5 Å². The summed E-state index contributed by atoms with van der Waals surface area (Å²) < 4.78 is 11.7. The van der Waals surface area contributed by atoms with Crippen LogP contribution in [0.25, 0.3) is 10.8 Å². The fraction of sp³-hybridized carbons (Fsp3) is 0.321. The van der Waals surface area contributed by atoms with Gasteiger partial charge in [-0.25, -0.2) is 4.98 Å². The Hall–Kier alpha value is -4.31. The summed E-state index contributed by atoms with van der Waals surface area (Å²) >= 11 is 0. The number of pyridine rings is 1. The molecule has 1 N–H and O–H groups in total. The van der Waals surface area contributed by atoms with Gasteiger partial charge >= 0.3 is 0 Å². The molecule has 0 spiro atoms. The normalized spacial score (nSPS) is 17.8. The highest BCUT2D eigenvalue weighted by Gasteiger charge is 2.25. The molecule has 1 amide bonds. The van der Waals surface area contributed by atoms with Gasteiger partial charge in [-0.3, -0.25) is 4.79 Å². The molecule has 194 valence electrons. The number of rotatable bonds is 6. The van der Waals surface area contributed by atoms with Crippen molar-refractivity contribution >= 4 is 34.1 Å². The molecule has 2 fully saturated rings. The summed E-state index contributed by atoms with van der Waals surface area (Å²) in [6.07, 6.45) is 5.23. The van der Waals surface area contributed by atoms with Crippen molar-refractivity contribution in [2.45, 2.75) is 18.9 Å². The topological polar surface area (TPSA) is 106 Å². The van der Waals surface area contributed by atoms with E-state index in [4.69, 9.17) is 14.5 Å². The number of nitrogens with zero attached hydrogens (tertiary/aromatic N) is 6. The molecule has 0 radical (unpaired) electrons. The van der Waals surface area contributed by atoms with Gasteiger partial charge in [0, 0.05) is 42.5 Å². The molecule has 38 heavy (non-hydrogen) atoms. The molecule has 0 saturated carbocycles. The smallest absolute Gasteiger partial charge is 0.254 e. The third-order valence-corrected chi connectivity index (χ3v) is 6.83. The Morgan fingerprint density at radius 1 is 1.03 bits per heavy atom. The Morgan fingerprint density at radius 3 is 2.74 bits per heavy atom. The summed E-state index contributed by atoms with van der Waals surface area (Å²) in [4.78, 5) is 25.8. The van der Waals surface area contributed by atoms with E-state index in [1.54, 1.807) is 12.4 Å². The number of hydrogen-bond donors (Lipinski definition) is 1. The minimum Gasteiger partial charge on any atom is -0.472 e. The molecule has 2 aromatic carbocycles. The van der Waals surface area contributed by atoms with Gasteiger partial charge in [0.2, 0.25) is 11.8 Å². The van der Waals surface area contributed by atoms with Crippen molar-refractivity contribution in [1.29, 1.82) is 0 Å². The lowest BCUT2D eigenvalue weighted by atomic mass is 10.1. The summed E-state index contributed by atoms with van der Waals surface area (Å²) in [5.74, 6) is 1.81. The van der Waals surface area contributed by atoms with E-state index in [-0.39, 0.29) is 12.0 Å². The quantitative estimate of drug-likeness (QED) is 0.415. The molecule has 2 aliphatic rings. The molecule has 0 bridgehead atoms. The number of hydrogen-bond acceptors (Lipinski definition) is 9. The van der Waals surface area contributed by atoms with Crippen LogP contribution in [0.1, 0.15) is 23.2 Å². The van der Waals surface area contributed by atoms with Crippen LogP contribution >= 0.6 is 0 Å². The molecular formula is C28H29N7O3. The Balaban J connectivity index is 1.11. The lowest BCUT2D eigenvalue weighted by Gasteiger charge is -2.32. The molecule has 10 heteroatoms. The first kappa shape index (κ1) is 24.1. The molecule has 4 heterocycles. The number of aromatic nitrogens is 4. The monoisotopic (exact) mass is 511 g/mol. The summed E-state index contributed by atoms with van der Waals surface area (Å²) in [7, 11) is 0. The van der Waals surface area contributed by atoms with E-state index in [0.717, 1.165) is 35.8 Å². The molecule has 4 aromatic rings. The van der Waals surface area contributed by atoms with Gasteiger partial charge in [0.1, 0.15) is 6.10 Å². The highest BCUT2D eigenvalue weighted by atomic mass is 16.5. The van der Waals surface area contributed by atoms with E-state index in [0.29, 0.717) is 56.1 Å². The van der Waals surface area contributed by atoms with Gasteiger partial charge in [-0.1, -0.05) is 18.2 Å². The first-order chi connectivity index (χ1) is 18.7. The second-order valence-corrected chi connectivity index (χ2v) is 9.41. The van der Waals surface area contributed by atoms with E-state index in [1.807, 2.05) is 53.4 Å². The largest absolute Gasteiger partial charge is 0.472 e. The summed E-state index contributed by atoms with van der Waals surface area (Å²) in [5.41, 5.74) is 1.47. The second kappa shape index (κ2) is 11.0. The zero-order valence-corrected chi connectivity index (χ0v) is 21.0. The van der Waals surface area contributed by atoms with Crippen LogP contribution in [0.3, 0.4) is 0 Å². The standard InChI is InChI=1S/C28H29N7O3/c36-27(34-14-16-37-17-15-34)21-7-9-22(10-8-21)31-25-18-30-33-28(32-25)35-13-3-5-23(19-35)38-26-24-6-2-1-4-20(24)11-12-29-26/h1-2,4,6-12,18,23H,3,5,13-17,19H2,(H,31,32,33)/t23-/m1/s1. The Morgan fingerprint density at radius 2 is 1.87 bits per heavy atom. The number of anilines is 3. The number of piperidine rings is 1. The number of carbonyl (C=O) groups is 1. The first-order valence-corrected chi connectivity index (χ1v) is 12.9.